The SMILES string of the molecule is Cc1cc(=O)c2cc3c(c([NH+]4C=C5N=CC=C5C4)c2o1)O[C@@]1(CC=C[C@@H]([C@@H]2CNC(=O)C2)C1)[C@H](OOC[C@H](O)[C@@H](O)[C@H](O)[C@H](O)CO)C3. The minimum absolute atomic E-state index is 0.00699. The van der Waals surface area contributed by atoms with Crippen LogP contribution in [-0.4, -0.2) is 100 Å². The molecule has 1 aliphatic carbocycles. The first kappa shape index (κ1) is 32.8. The third kappa shape index (κ3) is 5.92. The van der Waals surface area contributed by atoms with Gasteiger partial charge in [0, 0.05) is 49.2 Å². The molecule has 1 fully saturated rings. The maximum atomic E-state index is 13.3. The van der Waals surface area contributed by atoms with E-state index in [9.17, 15) is 30.0 Å². The predicted molar refractivity (Wildman–Crippen MR) is 169 cm³/mol. The van der Waals surface area contributed by atoms with Crippen molar-refractivity contribution in [3.63, 3.8) is 0 Å². The van der Waals surface area contributed by atoms with Crippen LogP contribution in [0.25, 0.3) is 11.0 Å². The van der Waals surface area contributed by atoms with Crippen LogP contribution in [0.5, 0.6) is 5.75 Å². The summed E-state index contributed by atoms with van der Waals surface area (Å²) in [5.74, 6) is 1.04. The number of nitrogens with zero attached hydrogens (tertiary/aromatic N) is 1. The molecule has 1 saturated heterocycles. The lowest BCUT2D eigenvalue weighted by Gasteiger charge is -2.47. The molecule has 0 saturated carbocycles. The van der Waals surface area contributed by atoms with E-state index in [-0.39, 0.29) is 29.6 Å². The van der Waals surface area contributed by atoms with E-state index < -0.39 is 49.3 Å². The van der Waals surface area contributed by atoms with Gasteiger partial charge in [-0.2, -0.15) is 0 Å². The zero-order chi connectivity index (χ0) is 33.7. The van der Waals surface area contributed by atoms with Crippen molar-refractivity contribution in [1.29, 1.82) is 0 Å². The lowest BCUT2D eigenvalue weighted by atomic mass is 9.71. The number of fused-ring (bicyclic) bond motifs is 3. The minimum Gasteiger partial charge on any atom is -0.477 e. The van der Waals surface area contributed by atoms with Crippen LogP contribution in [0.3, 0.4) is 0 Å². The van der Waals surface area contributed by atoms with Crippen molar-refractivity contribution in [3.05, 3.63) is 69.4 Å². The summed E-state index contributed by atoms with van der Waals surface area (Å²) in [6.45, 7) is 1.47. The number of allylic oxidation sites excluding steroid dienone is 2. The normalized spacial score (nSPS) is 30.0. The van der Waals surface area contributed by atoms with E-state index in [0.717, 1.165) is 16.2 Å². The number of quaternary nitrogens is 1. The topological polar surface area (TPSA) is 205 Å². The molecule has 7 N–H and O–H groups in total. The van der Waals surface area contributed by atoms with E-state index in [1.165, 1.54) is 6.07 Å². The second-order valence-corrected chi connectivity index (χ2v) is 13.3. The van der Waals surface area contributed by atoms with Crippen LogP contribution in [0, 0.1) is 18.8 Å². The zero-order valence-corrected chi connectivity index (χ0v) is 26.4. The second-order valence-electron chi connectivity index (χ2n) is 13.3. The predicted octanol–water partition coefficient (Wildman–Crippen LogP) is -0.988. The molecule has 0 bridgehead atoms. The van der Waals surface area contributed by atoms with Gasteiger partial charge in [0.1, 0.15) is 66.9 Å². The Kier molecular flexibility index (Phi) is 8.85. The van der Waals surface area contributed by atoms with Crippen LogP contribution in [0.2, 0.25) is 0 Å². The molecule has 0 radical (unpaired) electrons. The number of aliphatic imine (C=N–C) groups is 1. The summed E-state index contributed by atoms with van der Waals surface area (Å²) in [6.07, 6.45) is 3.66. The zero-order valence-electron chi connectivity index (χ0n) is 26.4. The van der Waals surface area contributed by atoms with Crippen LogP contribution in [0.15, 0.2) is 62.0 Å². The number of aliphatic hydroxyl groups excluding tert-OH is 5. The summed E-state index contributed by atoms with van der Waals surface area (Å²) >= 11 is 0. The van der Waals surface area contributed by atoms with Crippen LogP contribution in [-0.2, 0) is 21.0 Å². The second kappa shape index (κ2) is 12.9. The molecule has 9 atom stereocenters. The quantitative estimate of drug-likeness (QED) is 0.0932. The summed E-state index contributed by atoms with van der Waals surface area (Å²) in [5.41, 5.74) is 2.51. The molecule has 2 aromatic rings. The Hall–Kier alpha value is -3.73. The Balaban J connectivity index is 1.25. The summed E-state index contributed by atoms with van der Waals surface area (Å²) in [4.78, 5) is 42.3. The minimum atomic E-state index is -1.82. The number of hydrogen-bond acceptors (Lipinski definition) is 12. The highest BCUT2D eigenvalue weighted by atomic mass is 17.2. The Morgan fingerprint density at radius 1 is 1.15 bits per heavy atom. The fourth-order valence-electron chi connectivity index (χ4n) is 7.46. The fourth-order valence-corrected chi connectivity index (χ4v) is 7.46. The highest BCUT2D eigenvalue weighted by Gasteiger charge is 2.52. The van der Waals surface area contributed by atoms with Gasteiger partial charge in [0.15, 0.2) is 11.2 Å². The molecule has 1 spiro atoms. The van der Waals surface area contributed by atoms with Crippen LogP contribution in [0.4, 0.5) is 5.69 Å². The van der Waals surface area contributed by atoms with Gasteiger partial charge in [-0.15, -0.1) is 0 Å². The van der Waals surface area contributed by atoms with Gasteiger partial charge in [-0.05, 0) is 37.3 Å². The number of nitrogens with one attached hydrogen (secondary N) is 2. The molecular formula is C34H40N3O11+. The number of aryl methyl sites for hydroxylation is 1. The van der Waals surface area contributed by atoms with Crippen molar-refractivity contribution in [2.24, 2.45) is 16.8 Å². The molecule has 4 aliphatic heterocycles. The van der Waals surface area contributed by atoms with Gasteiger partial charge < -0.3 is 40.0 Å². The largest absolute Gasteiger partial charge is 0.477 e. The first-order valence-corrected chi connectivity index (χ1v) is 16.2. The number of carbonyl (C=O) groups excluding carboxylic acids is 1. The van der Waals surface area contributed by atoms with Crippen LogP contribution in [0.1, 0.15) is 30.6 Å². The monoisotopic (exact) mass is 666 g/mol. The van der Waals surface area contributed by atoms with E-state index in [0.29, 0.717) is 66.1 Å². The average molecular weight is 667 g/mol. The molecule has 5 heterocycles. The molecule has 5 aliphatic rings. The van der Waals surface area contributed by atoms with Crippen molar-refractivity contribution in [3.8, 4) is 5.75 Å². The molecule has 48 heavy (non-hydrogen) atoms. The number of ether oxygens (including phenoxy) is 1. The Morgan fingerprint density at radius 3 is 2.71 bits per heavy atom. The number of carbonyl (C=O) groups is 1. The number of rotatable bonds is 10. The Labute approximate surface area is 275 Å². The average Bonchev–Trinajstić information content (AvgIpc) is 3.80. The van der Waals surface area contributed by atoms with Gasteiger partial charge in [-0.25, -0.2) is 9.78 Å². The molecule has 1 amide bonds. The molecule has 256 valence electrons. The smallest absolute Gasteiger partial charge is 0.222 e. The van der Waals surface area contributed by atoms with Crippen LogP contribution < -0.4 is 20.4 Å². The third-order valence-electron chi connectivity index (χ3n) is 10.1. The Bertz CT molecular complexity index is 1780. The highest BCUT2D eigenvalue weighted by Crippen LogP contribution is 2.49. The lowest BCUT2D eigenvalue weighted by molar-refractivity contribution is -0.763. The number of benzene rings is 1. The van der Waals surface area contributed by atoms with E-state index in [1.54, 1.807) is 19.2 Å². The van der Waals surface area contributed by atoms with Gasteiger partial charge in [0.25, 0.3) is 0 Å². The van der Waals surface area contributed by atoms with Crippen molar-refractivity contribution < 1.29 is 54.2 Å². The lowest BCUT2D eigenvalue weighted by Crippen LogP contribution is -3.01. The maximum absolute atomic E-state index is 13.3. The van der Waals surface area contributed by atoms with Gasteiger partial charge in [-0.3, -0.25) is 19.5 Å². The highest BCUT2D eigenvalue weighted by molar-refractivity contribution is 5.90. The van der Waals surface area contributed by atoms with E-state index in [2.05, 4.69) is 16.4 Å². The van der Waals surface area contributed by atoms with E-state index in [4.69, 9.17) is 24.0 Å². The van der Waals surface area contributed by atoms with E-state index in [1.807, 2.05) is 18.4 Å². The summed E-state index contributed by atoms with van der Waals surface area (Å²) in [7, 11) is 0. The third-order valence-corrected chi connectivity index (χ3v) is 10.1. The first-order valence-electron chi connectivity index (χ1n) is 16.2. The van der Waals surface area contributed by atoms with Crippen molar-refractivity contribution >= 4 is 28.8 Å². The number of hydrogen-bond donors (Lipinski definition) is 7. The van der Waals surface area contributed by atoms with Gasteiger partial charge in [0.05, 0.1) is 12.0 Å². The van der Waals surface area contributed by atoms with Crippen molar-refractivity contribution in [2.75, 3.05) is 26.3 Å². The molecule has 1 aromatic heterocycles. The maximum Gasteiger partial charge on any atom is 0.222 e. The summed E-state index contributed by atoms with van der Waals surface area (Å²) < 4.78 is 13.3. The molecule has 1 unspecified atom stereocenters. The number of amides is 1. The fraction of sp³-hybridized carbons (Fsp3) is 0.500. The van der Waals surface area contributed by atoms with Gasteiger partial charge >= 0.3 is 0 Å². The van der Waals surface area contributed by atoms with Crippen LogP contribution >= 0.6 is 0 Å². The summed E-state index contributed by atoms with van der Waals surface area (Å²) in [5, 5.41) is 52.9. The van der Waals surface area contributed by atoms with Crippen molar-refractivity contribution in [2.45, 2.75) is 68.7 Å². The van der Waals surface area contributed by atoms with Crippen molar-refractivity contribution in [1.82, 2.24) is 5.32 Å². The van der Waals surface area contributed by atoms with Gasteiger partial charge in [0.2, 0.25) is 17.2 Å². The molecule has 7 rings (SSSR count). The standard InChI is InChI=1S/C34H39N3O11/c1-17-7-24(39)22-8-20-9-27(48-45-16-26(41)31(44)30(43)25(40)15-38)34(5-2-3-18(11-34)21-10-28(42)36-12-21)47-32(20)29(33(22)46-17)37-13-19-4-6-35-23(19)14-37/h2-4,6-8,14,18,21,25-27,30-31,38,40-41,43-44H,5,9-13,15-16H2,1H3,(H,36,42)/p+1/t18-,21+,25-,26+,27-,30-,31-,34-/m1/s1. The number of aliphatic hydroxyl groups is 5. The summed E-state index contributed by atoms with van der Waals surface area (Å²) in [6, 6.07) is 3.20. The Morgan fingerprint density at radius 2 is 1.96 bits per heavy atom. The first-order chi connectivity index (χ1) is 23.1. The van der Waals surface area contributed by atoms with Gasteiger partial charge in [-0.1, -0.05) is 12.2 Å². The molecule has 14 nitrogen and oxygen atoms in total. The molecular weight excluding hydrogens is 626 g/mol. The van der Waals surface area contributed by atoms with E-state index >= 15 is 0 Å². The molecule has 1 aromatic carbocycles. The molecule has 14 heteroatoms.